The molecule has 0 bridgehead atoms. The summed E-state index contributed by atoms with van der Waals surface area (Å²) in [5.74, 6) is 4.95. The Hall–Kier alpha value is -1.16. The van der Waals surface area contributed by atoms with Crippen LogP contribution in [0.1, 0.15) is 31.1 Å². The number of rotatable bonds is 4. The maximum atomic E-state index is 5.78. The second kappa shape index (κ2) is 4.75. The molecule has 100 valence electrons. The van der Waals surface area contributed by atoms with E-state index in [2.05, 4.69) is 34.2 Å². The minimum atomic E-state index is 0.583. The molecule has 4 heteroatoms. The lowest BCUT2D eigenvalue weighted by atomic mass is 10.1. The van der Waals surface area contributed by atoms with Crippen molar-refractivity contribution in [2.45, 2.75) is 25.2 Å². The van der Waals surface area contributed by atoms with E-state index >= 15 is 0 Å². The molecule has 4 rings (SSSR count). The van der Waals surface area contributed by atoms with E-state index in [0.29, 0.717) is 5.92 Å². The van der Waals surface area contributed by atoms with Crippen molar-refractivity contribution in [1.29, 1.82) is 0 Å². The molecule has 1 aromatic carbocycles. The summed E-state index contributed by atoms with van der Waals surface area (Å²) >= 11 is 2.07. The number of aromatic nitrogens is 1. The van der Waals surface area contributed by atoms with Crippen LogP contribution in [-0.4, -0.2) is 23.0 Å². The van der Waals surface area contributed by atoms with E-state index < -0.39 is 0 Å². The third-order valence-electron chi connectivity index (χ3n) is 3.95. The standard InChI is InChI=1S/C15H18N2OS/c1-2-11(1)15-17-13-7-12(3-4-14(13)18-15)16-8-10-5-6-19-9-10/h3-4,7,10-11,16H,1-2,5-6,8-9H2. The van der Waals surface area contributed by atoms with E-state index in [0.717, 1.165) is 29.5 Å². The van der Waals surface area contributed by atoms with Crippen molar-refractivity contribution >= 4 is 28.5 Å². The molecule has 1 saturated heterocycles. The van der Waals surface area contributed by atoms with Crippen LogP contribution in [0.2, 0.25) is 0 Å². The van der Waals surface area contributed by atoms with Gasteiger partial charge in [-0.1, -0.05) is 0 Å². The highest BCUT2D eigenvalue weighted by Gasteiger charge is 2.28. The highest BCUT2D eigenvalue weighted by molar-refractivity contribution is 7.99. The lowest BCUT2D eigenvalue weighted by Gasteiger charge is -2.10. The third-order valence-corrected chi connectivity index (χ3v) is 5.18. The van der Waals surface area contributed by atoms with E-state index in [1.54, 1.807) is 0 Å². The van der Waals surface area contributed by atoms with Crippen molar-refractivity contribution in [2.24, 2.45) is 5.92 Å². The summed E-state index contributed by atoms with van der Waals surface area (Å²) in [4.78, 5) is 4.60. The Balaban J connectivity index is 1.50. The van der Waals surface area contributed by atoms with Crippen LogP contribution in [0.15, 0.2) is 22.6 Å². The molecule has 2 heterocycles. The minimum Gasteiger partial charge on any atom is -0.440 e. The average Bonchev–Trinajstić information content (AvgIpc) is 3.00. The van der Waals surface area contributed by atoms with Gasteiger partial charge in [-0.05, 0) is 54.9 Å². The molecule has 2 aromatic rings. The van der Waals surface area contributed by atoms with Gasteiger partial charge in [0.05, 0.1) is 0 Å². The van der Waals surface area contributed by atoms with Crippen LogP contribution in [0.4, 0.5) is 5.69 Å². The Kier molecular flexibility index (Phi) is 2.91. The number of thioether (sulfide) groups is 1. The van der Waals surface area contributed by atoms with Crippen LogP contribution < -0.4 is 5.32 Å². The first-order valence-corrected chi connectivity index (χ1v) is 8.26. The zero-order valence-electron chi connectivity index (χ0n) is 10.9. The van der Waals surface area contributed by atoms with Crippen molar-refractivity contribution in [2.75, 3.05) is 23.4 Å². The highest BCUT2D eigenvalue weighted by Crippen LogP contribution is 2.40. The zero-order valence-corrected chi connectivity index (χ0v) is 11.7. The van der Waals surface area contributed by atoms with Crippen molar-refractivity contribution in [1.82, 2.24) is 4.98 Å². The van der Waals surface area contributed by atoms with E-state index in [4.69, 9.17) is 4.42 Å². The van der Waals surface area contributed by atoms with E-state index in [1.165, 1.54) is 36.5 Å². The smallest absolute Gasteiger partial charge is 0.198 e. The molecule has 1 aliphatic heterocycles. The maximum Gasteiger partial charge on any atom is 0.198 e. The first-order chi connectivity index (χ1) is 9.38. The molecule has 1 aromatic heterocycles. The van der Waals surface area contributed by atoms with Crippen LogP contribution in [0.25, 0.3) is 11.1 Å². The first kappa shape index (κ1) is 11.6. The Bertz CT molecular complexity index is 585. The van der Waals surface area contributed by atoms with Gasteiger partial charge in [-0.3, -0.25) is 0 Å². The lowest BCUT2D eigenvalue weighted by molar-refractivity contribution is 0.533. The van der Waals surface area contributed by atoms with Crippen LogP contribution in [0.3, 0.4) is 0 Å². The molecular formula is C15H18N2OS. The van der Waals surface area contributed by atoms with Crippen LogP contribution >= 0.6 is 11.8 Å². The van der Waals surface area contributed by atoms with E-state index in [1.807, 2.05) is 6.07 Å². The molecule has 1 saturated carbocycles. The summed E-state index contributed by atoms with van der Waals surface area (Å²) in [7, 11) is 0. The molecule has 3 nitrogen and oxygen atoms in total. The van der Waals surface area contributed by atoms with Gasteiger partial charge in [-0.15, -0.1) is 0 Å². The molecule has 0 spiro atoms. The van der Waals surface area contributed by atoms with Gasteiger partial charge in [-0.2, -0.15) is 11.8 Å². The number of benzene rings is 1. The number of fused-ring (bicyclic) bond motifs is 1. The Morgan fingerprint density at radius 3 is 3.05 bits per heavy atom. The van der Waals surface area contributed by atoms with Crippen LogP contribution in [-0.2, 0) is 0 Å². The SMILES string of the molecule is c1cc2oc(C3CC3)nc2cc1NCC1CCSC1. The van der Waals surface area contributed by atoms with Gasteiger partial charge in [0.15, 0.2) is 11.5 Å². The van der Waals surface area contributed by atoms with Gasteiger partial charge in [-0.25, -0.2) is 4.98 Å². The van der Waals surface area contributed by atoms with Crippen LogP contribution in [0, 0.1) is 5.92 Å². The first-order valence-electron chi connectivity index (χ1n) is 7.10. The van der Waals surface area contributed by atoms with Gasteiger partial charge < -0.3 is 9.73 Å². The summed E-state index contributed by atoms with van der Waals surface area (Å²) < 4.78 is 5.78. The van der Waals surface area contributed by atoms with Gasteiger partial charge >= 0.3 is 0 Å². The number of nitrogens with one attached hydrogen (secondary N) is 1. The largest absolute Gasteiger partial charge is 0.440 e. The predicted octanol–water partition coefficient (Wildman–Crippen LogP) is 3.87. The van der Waals surface area contributed by atoms with Gasteiger partial charge in [0, 0.05) is 18.2 Å². The molecule has 1 aliphatic carbocycles. The molecule has 0 radical (unpaired) electrons. The van der Waals surface area contributed by atoms with Crippen LogP contribution in [0.5, 0.6) is 0 Å². The van der Waals surface area contributed by atoms with Crippen molar-refractivity contribution in [3.05, 3.63) is 24.1 Å². The number of nitrogens with zero attached hydrogens (tertiary/aromatic N) is 1. The fourth-order valence-electron chi connectivity index (χ4n) is 2.57. The predicted molar refractivity (Wildman–Crippen MR) is 79.9 cm³/mol. The zero-order chi connectivity index (χ0) is 12.7. The quantitative estimate of drug-likeness (QED) is 0.918. The lowest BCUT2D eigenvalue weighted by Crippen LogP contribution is -2.13. The van der Waals surface area contributed by atoms with Crippen molar-refractivity contribution in [3.8, 4) is 0 Å². The summed E-state index contributed by atoms with van der Waals surface area (Å²) in [5, 5.41) is 3.54. The second-order valence-corrected chi connectivity index (χ2v) is 6.77. The van der Waals surface area contributed by atoms with E-state index in [9.17, 15) is 0 Å². The number of oxazole rings is 1. The summed E-state index contributed by atoms with van der Waals surface area (Å²) in [6.45, 7) is 1.08. The average molecular weight is 274 g/mol. The normalized spacial score (nSPS) is 23.1. The molecule has 1 unspecified atom stereocenters. The number of anilines is 1. The van der Waals surface area contributed by atoms with Gasteiger partial charge in [0.2, 0.25) is 0 Å². The molecular weight excluding hydrogens is 256 g/mol. The van der Waals surface area contributed by atoms with Crippen molar-refractivity contribution < 1.29 is 4.42 Å². The van der Waals surface area contributed by atoms with Gasteiger partial charge in [0.25, 0.3) is 0 Å². The summed E-state index contributed by atoms with van der Waals surface area (Å²) in [6, 6.07) is 6.26. The topological polar surface area (TPSA) is 38.1 Å². The molecule has 0 amide bonds. The monoisotopic (exact) mass is 274 g/mol. The number of hydrogen-bond donors (Lipinski definition) is 1. The molecule has 1 atom stereocenters. The Morgan fingerprint density at radius 1 is 1.32 bits per heavy atom. The second-order valence-electron chi connectivity index (χ2n) is 5.62. The third kappa shape index (κ3) is 2.46. The molecule has 1 N–H and O–H groups in total. The molecule has 19 heavy (non-hydrogen) atoms. The molecule has 2 aliphatic rings. The Morgan fingerprint density at radius 2 is 2.26 bits per heavy atom. The fourth-order valence-corrected chi connectivity index (χ4v) is 3.85. The Labute approximate surface area is 117 Å². The number of hydrogen-bond acceptors (Lipinski definition) is 4. The maximum absolute atomic E-state index is 5.78. The summed E-state index contributed by atoms with van der Waals surface area (Å²) in [6.07, 6.45) is 3.81. The van der Waals surface area contributed by atoms with Crippen molar-refractivity contribution in [3.63, 3.8) is 0 Å². The van der Waals surface area contributed by atoms with E-state index in [-0.39, 0.29) is 0 Å². The minimum absolute atomic E-state index is 0.583. The fraction of sp³-hybridized carbons (Fsp3) is 0.533. The molecule has 2 fully saturated rings. The summed E-state index contributed by atoms with van der Waals surface area (Å²) in [5.41, 5.74) is 3.08. The highest BCUT2D eigenvalue weighted by atomic mass is 32.2. The van der Waals surface area contributed by atoms with Gasteiger partial charge in [0.1, 0.15) is 5.52 Å².